The lowest BCUT2D eigenvalue weighted by atomic mass is 10.1. The molecule has 25 heavy (non-hydrogen) atoms. The summed E-state index contributed by atoms with van der Waals surface area (Å²) in [5.74, 6) is -1.90. The molecule has 0 amide bonds. The second-order valence-electron chi connectivity index (χ2n) is 4.75. The summed E-state index contributed by atoms with van der Waals surface area (Å²) in [6.45, 7) is 0. The minimum absolute atomic E-state index is 0.0696. The zero-order valence-electron chi connectivity index (χ0n) is 12.3. The second-order valence-corrected chi connectivity index (χ2v) is 4.75. The third-order valence-electron chi connectivity index (χ3n) is 3.23. The topological polar surface area (TPSA) is 119 Å². The van der Waals surface area contributed by atoms with E-state index in [1.54, 1.807) is 0 Å². The van der Waals surface area contributed by atoms with E-state index >= 15 is 0 Å². The third kappa shape index (κ3) is 3.57. The minimum atomic E-state index is -5.09. The molecule has 2 rings (SSSR count). The lowest BCUT2D eigenvalue weighted by Gasteiger charge is -2.12. The molecule has 0 aliphatic heterocycles. The van der Waals surface area contributed by atoms with E-state index in [9.17, 15) is 28.1 Å². The van der Waals surface area contributed by atoms with Crippen molar-refractivity contribution < 1.29 is 28.0 Å². The summed E-state index contributed by atoms with van der Waals surface area (Å²) in [5, 5.41) is 20.1. The molecule has 0 aromatic heterocycles. The van der Waals surface area contributed by atoms with Gasteiger partial charge in [0.15, 0.2) is 5.71 Å². The standard InChI is InChI=1S/C15H10F3N3O4/c16-15(17,18)13(10(7-19)14(22)23)20-11-5-6-12(21(24)25)9-4-2-1-3-8(9)11/h1-7H,19H2,(H,22,23). The highest BCUT2D eigenvalue weighted by Crippen LogP contribution is 2.35. The fourth-order valence-electron chi connectivity index (χ4n) is 2.17. The molecule has 0 unspecified atom stereocenters. The summed E-state index contributed by atoms with van der Waals surface area (Å²) in [5.41, 5.74) is 1.48. The van der Waals surface area contributed by atoms with Crippen LogP contribution in [0.15, 0.2) is 53.2 Å². The van der Waals surface area contributed by atoms with Gasteiger partial charge in [0.1, 0.15) is 5.57 Å². The summed E-state index contributed by atoms with van der Waals surface area (Å²) in [6.07, 6.45) is -4.80. The highest BCUT2D eigenvalue weighted by atomic mass is 19.4. The van der Waals surface area contributed by atoms with Crippen LogP contribution in [0.2, 0.25) is 0 Å². The van der Waals surface area contributed by atoms with Crippen LogP contribution in [0.3, 0.4) is 0 Å². The Bertz CT molecular complexity index is 920. The molecule has 3 N–H and O–H groups in total. The number of nitrogens with zero attached hydrogens (tertiary/aromatic N) is 2. The van der Waals surface area contributed by atoms with Crippen molar-refractivity contribution in [2.75, 3.05) is 0 Å². The number of hydrogen-bond acceptors (Lipinski definition) is 5. The number of nitro benzene ring substituents is 1. The highest BCUT2D eigenvalue weighted by molar-refractivity contribution is 6.22. The molecule has 7 nitrogen and oxygen atoms in total. The number of halogens is 3. The van der Waals surface area contributed by atoms with Crippen LogP contribution in [-0.4, -0.2) is 27.9 Å². The Morgan fingerprint density at radius 3 is 2.28 bits per heavy atom. The first-order valence-corrected chi connectivity index (χ1v) is 6.64. The van der Waals surface area contributed by atoms with E-state index in [1.807, 2.05) is 0 Å². The number of rotatable bonds is 4. The van der Waals surface area contributed by atoms with Crippen LogP contribution < -0.4 is 5.73 Å². The number of nitrogens with two attached hydrogens (primary N) is 1. The monoisotopic (exact) mass is 353 g/mol. The van der Waals surface area contributed by atoms with E-state index in [0.29, 0.717) is 6.20 Å². The summed E-state index contributed by atoms with van der Waals surface area (Å²) >= 11 is 0. The van der Waals surface area contributed by atoms with Gasteiger partial charge < -0.3 is 10.8 Å². The number of benzene rings is 2. The van der Waals surface area contributed by atoms with Crippen molar-refractivity contribution in [3.63, 3.8) is 0 Å². The van der Waals surface area contributed by atoms with Crippen molar-refractivity contribution in [3.05, 3.63) is 58.3 Å². The Morgan fingerprint density at radius 1 is 1.20 bits per heavy atom. The Labute approximate surface area is 138 Å². The molecule has 0 radical (unpaired) electrons. The molecule has 0 aliphatic carbocycles. The van der Waals surface area contributed by atoms with Crippen molar-refractivity contribution in [3.8, 4) is 0 Å². The number of nitro groups is 1. The van der Waals surface area contributed by atoms with Gasteiger partial charge in [-0.15, -0.1) is 0 Å². The summed E-state index contributed by atoms with van der Waals surface area (Å²) in [6, 6.07) is 7.67. The van der Waals surface area contributed by atoms with Crippen LogP contribution in [0.4, 0.5) is 24.5 Å². The van der Waals surface area contributed by atoms with Crippen LogP contribution in [0.25, 0.3) is 10.8 Å². The van der Waals surface area contributed by atoms with Crippen LogP contribution >= 0.6 is 0 Å². The number of non-ortho nitro benzene ring substituents is 1. The van der Waals surface area contributed by atoms with Gasteiger partial charge in [-0.1, -0.05) is 18.2 Å². The smallest absolute Gasteiger partial charge is 0.434 e. The van der Waals surface area contributed by atoms with E-state index in [2.05, 4.69) is 4.99 Å². The molecule has 0 spiro atoms. The predicted molar refractivity (Wildman–Crippen MR) is 83.7 cm³/mol. The molecular formula is C15H10F3N3O4. The predicted octanol–water partition coefficient (Wildman–Crippen LogP) is 3.31. The maximum atomic E-state index is 13.2. The molecule has 130 valence electrons. The van der Waals surface area contributed by atoms with E-state index in [0.717, 1.165) is 12.1 Å². The van der Waals surface area contributed by atoms with Gasteiger partial charge in [-0.3, -0.25) is 10.1 Å². The molecule has 2 aromatic carbocycles. The molecular weight excluding hydrogens is 343 g/mol. The molecule has 0 bridgehead atoms. The molecule has 0 saturated carbocycles. The number of carbonyl (C=O) groups is 1. The number of aliphatic carboxylic acids is 1. The minimum Gasteiger partial charge on any atom is -0.478 e. The van der Waals surface area contributed by atoms with Gasteiger partial charge in [0, 0.05) is 17.7 Å². The van der Waals surface area contributed by atoms with E-state index < -0.39 is 28.4 Å². The number of carboxylic acids is 1. The maximum absolute atomic E-state index is 13.2. The van der Waals surface area contributed by atoms with Crippen LogP contribution in [0, 0.1) is 10.1 Å². The lowest BCUT2D eigenvalue weighted by molar-refractivity contribution is -0.383. The number of alkyl halides is 3. The Morgan fingerprint density at radius 2 is 1.80 bits per heavy atom. The summed E-state index contributed by atoms with van der Waals surface area (Å²) in [4.78, 5) is 24.7. The molecule has 0 atom stereocenters. The molecule has 0 fully saturated rings. The van der Waals surface area contributed by atoms with Crippen molar-refractivity contribution in [2.45, 2.75) is 6.18 Å². The van der Waals surface area contributed by atoms with E-state index in [-0.39, 0.29) is 22.1 Å². The Balaban J connectivity index is 2.80. The van der Waals surface area contributed by atoms with Crippen molar-refractivity contribution in [1.29, 1.82) is 0 Å². The van der Waals surface area contributed by atoms with E-state index in [1.165, 1.54) is 24.3 Å². The van der Waals surface area contributed by atoms with Crippen LogP contribution in [0.1, 0.15) is 0 Å². The third-order valence-corrected chi connectivity index (χ3v) is 3.23. The van der Waals surface area contributed by atoms with E-state index in [4.69, 9.17) is 10.8 Å². The van der Waals surface area contributed by atoms with Crippen molar-refractivity contribution in [1.82, 2.24) is 0 Å². The maximum Gasteiger partial charge on any atom is 0.434 e. The van der Waals surface area contributed by atoms with Gasteiger partial charge in [0.05, 0.1) is 16.0 Å². The first-order chi connectivity index (χ1) is 11.7. The lowest BCUT2D eigenvalue weighted by Crippen LogP contribution is -2.29. The fraction of sp³-hybridized carbons (Fsp3) is 0.0667. The van der Waals surface area contributed by atoms with Crippen LogP contribution in [-0.2, 0) is 4.79 Å². The first kappa shape index (κ1) is 17.9. The van der Waals surface area contributed by atoms with Crippen molar-refractivity contribution in [2.24, 2.45) is 10.7 Å². The SMILES string of the molecule is NC=C(C(=O)O)C(=Nc1ccc([N+](=O)[O-])c2ccccc12)C(F)(F)F. The first-order valence-electron chi connectivity index (χ1n) is 6.64. The summed E-state index contributed by atoms with van der Waals surface area (Å²) < 4.78 is 39.6. The largest absolute Gasteiger partial charge is 0.478 e. The number of aliphatic imine (C=N–C) groups is 1. The van der Waals surface area contributed by atoms with Crippen molar-refractivity contribution >= 4 is 33.8 Å². The van der Waals surface area contributed by atoms with Gasteiger partial charge in [0.25, 0.3) is 5.69 Å². The Kier molecular flexibility index (Phi) is 4.72. The molecule has 2 aromatic rings. The molecule has 0 heterocycles. The number of carboxylic acid groups (broad SMARTS) is 1. The number of fused-ring (bicyclic) bond motifs is 1. The van der Waals surface area contributed by atoms with Gasteiger partial charge >= 0.3 is 12.1 Å². The molecule has 0 aliphatic rings. The van der Waals surface area contributed by atoms with Gasteiger partial charge in [-0.2, -0.15) is 13.2 Å². The van der Waals surface area contributed by atoms with Crippen LogP contribution in [0.5, 0.6) is 0 Å². The molecule has 10 heteroatoms. The Hall–Kier alpha value is -3.43. The second kappa shape index (κ2) is 6.59. The quantitative estimate of drug-likeness (QED) is 0.378. The zero-order valence-corrected chi connectivity index (χ0v) is 12.3. The van der Waals surface area contributed by atoms with Gasteiger partial charge in [-0.05, 0) is 12.1 Å². The molecule has 0 saturated heterocycles. The highest BCUT2D eigenvalue weighted by Gasteiger charge is 2.40. The fourth-order valence-corrected chi connectivity index (χ4v) is 2.17. The van der Waals surface area contributed by atoms with Gasteiger partial charge in [-0.25, -0.2) is 9.79 Å². The average molecular weight is 353 g/mol. The average Bonchev–Trinajstić information content (AvgIpc) is 2.53. The number of hydrogen-bond donors (Lipinski definition) is 2. The summed E-state index contributed by atoms with van der Waals surface area (Å²) in [7, 11) is 0. The van der Waals surface area contributed by atoms with Gasteiger partial charge in [0.2, 0.25) is 0 Å². The zero-order chi connectivity index (χ0) is 18.8. The normalized spacial score (nSPS) is 13.1.